The van der Waals surface area contributed by atoms with E-state index in [4.69, 9.17) is 38.8 Å². The summed E-state index contributed by atoms with van der Waals surface area (Å²) in [5.41, 5.74) is 1.35. The summed E-state index contributed by atoms with van der Waals surface area (Å²) in [6.45, 7) is 0. The third kappa shape index (κ3) is 11.7. The molecule has 10 heteroatoms. The first-order valence-electron chi connectivity index (χ1n) is 19.1. The fourth-order valence-corrected chi connectivity index (χ4v) is 16.5. The summed E-state index contributed by atoms with van der Waals surface area (Å²) in [7, 11) is 12.6. The van der Waals surface area contributed by atoms with Gasteiger partial charge >= 0.3 is 242 Å². The summed E-state index contributed by atoms with van der Waals surface area (Å²) in [5.74, 6) is -3.70. The number of halogens is 4. The first kappa shape index (κ1) is 49.4. The zero-order chi connectivity index (χ0) is 43.0. The van der Waals surface area contributed by atoms with Gasteiger partial charge in [-0.3, -0.25) is 0 Å². The van der Waals surface area contributed by atoms with Gasteiger partial charge in [0.2, 0.25) is 0 Å². The van der Waals surface area contributed by atoms with Crippen molar-refractivity contribution in [3.8, 4) is 0 Å². The summed E-state index contributed by atoms with van der Waals surface area (Å²) in [4.78, 5) is 26.8. The molecule has 0 aliphatic carbocycles. The van der Waals surface area contributed by atoms with Gasteiger partial charge < -0.3 is 4.79 Å². The van der Waals surface area contributed by atoms with E-state index in [0.29, 0.717) is 5.56 Å². The van der Waals surface area contributed by atoms with Gasteiger partial charge in [0, 0.05) is 0 Å². The third-order valence-electron chi connectivity index (χ3n) is 10.1. The Kier molecular flexibility index (Phi) is 19.0. The molecule has 0 atom stereocenters. The summed E-state index contributed by atoms with van der Waals surface area (Å²) in [6, 6.07) is 80.0. The predicted molar refractivity (Wildman–Crippen MR) is 264 cm³/mol. The van der Waals surface area contributed by atoms with Crippen molar-refractivity contribution in [2.75, 3.05) is 0 Å². The van der Waals surface area contributed by atoms with Crippen LogP contribution in [0.1, 0.15) is 20.7 Å². The fraction of sp³-hybridized carbons (Fsp3) is 0. The number of carbonyl (C=O) groups is 2. The summed E-state index contributed by atoms with van der Waals surface area (Å²) in [5, 5.41) is 6.37. The predicted octanol–water partition coefficient (Wildman–Crippen LogP) is 12.8. The van der Waals surface area contributed by atoms with Gasteiger partial charge in [0.25, 0.3) is 0 Å². The number of benzene rings is 8. The van der Waals surface area contributed by atoms with Gasteiger partial charge in [0.05, 0.1) is 29.0 Å². The molecule has 0 aromatic heterocycles. The standard InChI is InChI=1S/C26H21ClOP.C26H21OP.2Au.3ClH/c27-29(23-15-7-2-8-16-23,24-17-9-3-10-18-24,25-19-11-4-12-20-25)21-26(28)22-13-5-1-6-14-22;27-26(22-13-5-1-6-14-22)21-28(23-15-7-2-8-16-23,24-17-9-3-10-18-24)25-19-11-4-12-20-25;;;;;/h1-21H;1-21H;;;3*1H/q-1;;+1;+3;;;/p-3. The second-order valence-corrected chi connectivity index (χ2v) is 32.4. The Morgan fingerprint density at radius 2 is 0.613 bits per heavy atom. The number of hydrogen-bond donors (Lipinski definition) is 0. The van der Waals surface area contributed by atoms with Gasteiger partial charge in [-0.1, -0.05) is 72.8 Å². The van der Waals surface area contributed by atoms with E-state index in [0.717, 1.165) is 21.5 Å². The summed E-state index contributed by atoms with van der Waals surface area (Å²) < 4.78 is 0. The van der Waals surface area contributed by atoms with Crippen molar-refractivity contribution < 1.29 is 47.2 Å². The number of carbonyl (C=O) groups excluding carboxylic acids is 2. The minimum absolute atomic E-state index is 0. The fourth-order valence-electron chi connectivity index (χ4n) is 7.24. The van der Waals surface area contributed by atoms with E-state index in [1.807, 2.05) is 176 Å². The van der Waals surface area contributed by atoms with Crippen LogP contribution < -0.4 is 31.8 Å². The van der Waals surface area contributed by atoms with Crippen molar-refractivity contribution in [1.82, 2.24) is 0 Å². The van der Waals surface area contributed by atoms with E-state index < -0.39 is 28.4 Å². The van der Waals surface area contributed by atoms with E-state index in [-0.39, 0.29) is 33.9 Å². The summed E-state index contributed by atoms with van der Waals surface area (Å²) in [6.07, 6.45) is 3.75. The molecule has 0 amide bonds. The number of ketones is 2. The van der Waals surface area contributed by atoms with Gasteiger partial charge in [-0.05, 0) is 42.6 Å². The molecular formula is C52H42Au2Cl4O2P2. The Morgan fingerprint density at radius 3 is 0.887 bits per heavy atom. The van der Waals surface area contributed by atoms with Crippen molar-refractivity contribution in [2.24, 2.45) is 0 Å². The molecule has 0 heterocycles. The Bertz CT molecular complexity index is 2370. The van der Waals surface area contributed by atoms with E-state index in [1.165, 1.54) is 15.9 Å². The first-order chi connectivity index (χ1) is 29.7. The normalized spacial score (nSPS) is 11.5. The average Bonchev–Trinajstić information content (AvgIpc) is 3.33. The monoisotopic (exact) mass is 1290 g/mol. The van der Waals surface area contributed by atoms with Crippen LogP contribution >= 0.6 is 52.0 Å². The topological polar surface area (TPSA) is 34.1 Å². The Morgan fingerprint density at radius 1 is 0.387 bits per heavy atom. The van der Waals surface area contributed by atoms with Gasteiger partial charge in [-0.15, -0.1) is 17.7 Å². The zero-order valence-corrected chi connectivity index (χ0v) is 42.2. The zero-order valence-electron chi connectivity index (χ0n) is 33.1. The second-order valence-electron chi connectivity index (χ2n) is 13.7. The van der Waals surface area contributed by atoms with E-state index in [1.54, 1.807) is 6.16 Å². The molecule has 62 heavy (non-hydrogen) atoms. The third-order valence-corrected chi connectivity index (χ3v) is 20.7. The molecule has 8 aromatic carbocycles. The van der Waals surface area contributed by atoms with Crippen LogP contribution in [0.3, 0.4) is 0 Å². The molecule has 2 nitrogen and oxygen atoms in total. The molecular weight excluding hydrogens is 1250 g/mol. The Balaban J connectivity index is 0.000000213. The second kappa shape index (κ2) is 23.9. The quantitative estimate of drug-likeness (QED) is 0.0529. The SMILES string of the molecule is O=C([CH-]P(Cl)(c1ccccc1)(c1ccccc1)c1ccccc1)c1ccccc1.O=C([CH-][P+](c1ccccc1)(c1ccccc1)c1ccccc1)c1ccccc1.[Au+].[Cl][Au]([Cl])[Cl]. The van der Waals surface area contributed by atoms with E-state index >= 15 is 0 Å². The van der Waals surface area contributed by atoms with Crippen LogP contribution in [0, 0.1) is 12.3 Å². The maximum absolute atomic E-state index is 13.5. The molecule has 0 aliphatic rings. The van der Waals surface area contributed by atoms with Crippen LogP contribution in [0.2, 0.25) is 0 Å². The van der Waals surface area contributed by atoms with Crippen LogP contribution in [0.5, 0.6) is 0 Å². The molecule has 8 rings (SSSR count). The van der Waals surface area contributed by atoms with Crippen molar-refractivity contribution in [2.45, 2.75) is 0 Å². The van der Waals surface area contributed by atoms with E-state index in [2.05, 4.69) is 72.8 Å². The molecule has 0 aliphatic heterocycles. The van der Waals surface area contributed by atoms with Crippen LogP contribution in [-0.2, 0) is 37.6 Å². The summed E-state index contributed by atoms with van der Waals surface area (Å²) >= 11 is 6.09. The molecule has 0 fully saturated rings. The van der Waals surface area contributed by atoms with Crippen molar-refractivity contribution in [3.63, 3.8) is 0 Å². The van der Waals surface area contributed by atoms with Crippen molar-refractivity contribution in [3.05, 3.63) is 266 Å². The molecule has 0 saturated heterocycles. The van der Waals surface area contributed by atoms with Crippen molar-refractivity contribution in [1.29, 1.82) is 0 Å². The van der Waals surface area contributed by atoms with Crippen LogP contribution in [0.15, 0.2) is 243 Å². The minimum atomic E-state index is -3.69. The van der Waals surface area contributed by atoms with Gasteiger partial charge in [-0.25, -0.2) is 0 Å². The number of Topliss-reactive ketones (excluding diaryl/α,β-unsaturated/α-hetero) is 2. The van der Waals surface area contributed by atoms with Crippen LogP contribution in [-0.4, -0.2) is 11.6 Å². The van der Waals surface area contributed by atoms with Gasteiger partial charge in [-0.2, -0.15) is 0 Å². The molecule has 0 N–H and O–H groups in total. The average molecular weight is 1300 g/mol. The Labute approximate surface area is 404 Å². The number of rotatable bonds is 12. The molecule has 0 bridgehead atoms. The first-order valence-corrected chi connectivity index (χ1v) is 32.3. The molecule has 8 aromatic rings. The van der Waals surface area contributed by atoms with Crippen molar-refractivity contribution >= 4 is 95.4 Å². The molecule has 322 valence electrons. The molecule has 0 radical (unpaired) electrons. The molecule has 0 saturated carbocycles. The maximum atomic E-state index is 13.5. The van der Waals surface area contributed by atoms with Crippen LogP contribution in [0.4, 0.5) is 0 Å². The van der Waals surface area contributed by atoms with Crippen LogP contribution in [0.25, 0.3) is 0 Å². The van der Waals surface area contributed by atoms with E-state index in [9.17, 15) is 9.59 Å². The van der Waals surface area contributed by atoms with Gasteiger partial charge in [0.15, 0.2) is 0 Å². The number of hydrogen-bond acceptors (Lipinski definition) is 2. The van der Waals surface area contributed by atoms with Gasteiger partial charge in [0.1, 0.15) is 0 Å². The molecule has 0 unspecified atom stereocenters. The Hall–Kier alpha value is -3.66. The molecule has 0 spiro atoms.